The van der Waals surface area contributed by atoms with E-state index in [1.807, 2.05) is 0 Å². The molecule has 1 aromatic heterocycles. The van der Waals surface area contributed by atoms with Crippen LogP contribution in [-0.2, 0) is 5.33 Å². The Balaban J connectivity index is 3.54. The van der Waals surface area contributed by atoms with Crippen LogP contribution in [-0.4, -0.2) is 16.1 Å². The number of aromatic carboxylic acids is 1. The molecule has 0 fully saturated rings. The van der Waals surface area contributed by atoms with E-state index in [9.17, 15) is 13.6 Å². The summed E-state index contributed by atoms with van der Waals surface area (Å²) in [6.07, 6.45) is -2.91. The molecule has 4 nitrogen and oxygen atoms in total. The highest BCUT2D eigenvalue weighted by molar-refractivity contribution is 9.08. The van der Waals surface area contributed by atoms with Gasteiger partial charge in [-0.15, -0.1) is 0 Å². The summed E-state index contributed by atoms with van der Waals surface area (Å²) >= 11 is 2.99. The van der Waals surface area contributed by atoms with E-state index >= 15 is 0 Å². The molecule has 0 aliphatic rings. The largest absolute Gasteiger partial charge is 0.476 e. The third-order valence-corrected chi connectivity index (χ3v) is 2.36. The molecular weight excluding hydrogens is 286 g/mol. The summed E-state index contributed by atoms with van der Waals surface area (Å²) in [5, 5.41) is 17.5. The van der Waals surface area contributed by atoms with Crippen LogP contribution in [0.15, 0.2) is 6.07 Å². The van der Waals surface area contributed by atoms with Crippen molar-refractivity contribution in [3.05, 3.63) is 28.6 Å². The van der Waals surface area contributed by atoms with Crippen LogP contribution in [0.2, 0.25) is 0 Å². The van der Waals surface area contributed by atoms with Gasteiger partial charge in [0.2, 0.25) is 0 Å². The van der Waals surface area contributed by atoms with Crippen LogP contribution in [0, 0.1) is 11.3 Å². The molecule has 0 aliphatic carbocycles. The maximum Gasteiger partial charge on any atom is 0.355 e. The van der Waals surface area contributed by atoms with Gasteiger partial charge in [-0.2, -0.15) is 5.26 Å². The van der Waals surface area contributed by atoms with E-state index in [0.29, 0.717) is 0 Å². The molecule has 16 heavy (non-hydrogen) atoms. The summed E-state index contributed by atoms with van der Waals surface area (Å²) in [7, 11) is 0. The molecule has 1 N–H and O–H groups in total. The first-order chi connectivity index (χ1) is 7.51. The molecule has 0 atom stereocenters. The van der Waals surface area contributed by atoms with E-state index < -0.39 is 29.2 Å². The van der Waals surface area contributed by atoms with Crippen molar-refractivity contribution in [2.24, 2.45) is 0 Å². The number of halogens is 3. The molecule has 0 aromatic carbocycles. The summed E-state index contributed by atoms with van der Waals surface area (Å²) in [5.74, 6) is -1.50. The van der Waals surface area contributed by atoms with Crippen molar-refractivity contribution in [1.82, 2.24) is 4.98 Å². The highest BCUT2D eigenvalue weighted by Crippen LogP contribution is 2.25. The molecule has 1 aromatic rings. The maximum atomic E-state index is 12.6. The van der Waals surface area contributed by atoms with E-state index in [4.69, 9.17) is 10.4 Å². The Morgan fingerprint density at radius 1 is 1.69 bits per heavy atom. The van der Waals surface area contributed by atoms with Crippen LogP contribution in [0.5, 0.6) is 0 Å². The summed E-state index contributed by atoms with van der Waals surface area (Å²) in [6.45, 7) is 0. The number of rotatable bonds is 3. The Labute approximate surface area is 97.7 Å². The monoisotopic (exact) mass is 290 g/mol. The van der Waals surface area contributed by atoms with Gasteiger partial charge in [-0.3, -0.25) is 0 Å². The molecule has 84 valence electrons. The van der Waals surface area contributed by atoms with Crippen molar-refractivity contribution in [2.45, 2.75) is 11.8 Å². The third-order valence-electron chi connectivity index (χ3n) is 1.79. The fraction of sp³-hybridized carbons (Fsp3) is 0.222. The lowest BCUT2D eigenvalue weighted by Gasteiger charge is -2.07. The smallest absolute Gasteiger partial charge is 0.355 e. The van der Waals surface area contributed by atoms with Crippen molar-refractivity contribution >= 4 is 21.9 Å². The molecule has 0 radical (unpaired) electrons. The molecule has 1 heterocycles. The number of carboxylic acid groups (broad SMARTS) is 1. The lowest BCUT2D eigenvalue weighted by molar-refractivity contribution is 0.0689. The molecule has 1 rings (SSSR count). The van der Waals surface area contributed by atoms with Crippen LogP contribution < -0.4 is 0 Å². The second-order valence-corrected chi connectivity index (χ2v) is 3.34. The Bertz CT molecular complexity index is 471. The standard InChI is InChI=1S/C9H5BrF2N2O2/c10-2-4-1-5(8(11)12)6(3-13)7(14-4)9(15)16/h1,8H,2H2,(H,15,16). The lowest BCUT2D eigenvalue weighted by atomic mass is 10.1. The molecule has 0 bridgehead atoms. The highest BCUT2D eigenvalue weighted by atomic mass is 79.9. The van der Waals surface area contributed by atoms with Crippen molar-refractivity contribution in [1.29, 1.82) is 5.26 Å². The maximum absolute atomic E-state index is 12.6. The first kappa shape index (κ1) is 12.5. The summed E-state index contributed by atoms with van der Waals surface area (Å²) in [4.78, 5) is 14.4. The number of alkyl halides is 3. The van der Waals surface area contributed by atoms with Crippen LogP contribution in [0.4, 0.5) is 8.78 Å². The van der Waals surface area contributed by atoms with Gasteiger partial charge in [0, 0.05) is 10.9 Å². The van der Waals surface area contributed by atoms with E-state index in [1.165, 1.54) is 6.07 Å². The van der Waals surface area contributed by atoms with Crippen molar-refractivity contribution in [3.8, 4) is 6.07 Å². The normalized spacial score (nSPS) is 10.2. The van der Waals surface area contributed by atoms with Gasteiger partial charge in [0.05, 0.1) is 11.3 Å². The molecule has 0 unspecified atom stereocenters. The Kier molecular flexibility index (Phi) is 3.90. The predicted molar refractivity (Wildman–Crippen MR) is 53.5 cm³/mol. The number of hydrogen-bond acceptors (Lipinski definition) is 3. The molecule has 7 heteroatoms. The molecule has 0 saturated carbocycles. The quantitative estimate of drug-likeness (QED) is 0.868. The SMILES string of the molecule is N#Cc1c(C(F)F)cc(CBr)nc1C(=O)O. The van der Waals surface area contributed by atoms with E-state index in [0.717, 1.165) is 6.07 Å². The number of hydrogen-bond donors (Lipinski definition) is 1. The topological polar surface area (TPSA) is 74.0 Å². The predicted octanol–water partition coefficient (Wildman–Crippen LogP) is 2.48. The Morgan fingerprint density at radius 3 is 2.69 bits per heavy atom. The zero-order valence-corrected chi connectivity index (χ0v) is 9.33. The second-order valence-electron chi connectivity index (χ2n) is 2.78. The molecule has 0 amide bonds. The van der Waals surface area contributed by atoms with Crippen molar-refractivity contribution < 1.29 is 18.7 Å². The van der Waals surface area contributed by atoms with E-state index in [2.05, 4.69) is 20.9 Å². The minimum atomic E-state index is -2.91. The number of pyridine rings is 1. The zero-order valence-electron chi connectivity index (χ0n) is 7.75. The summed E-state index contributed by atoms with van der Waals surface area (Å²) in [5.41, 5.74) is -1.70. The van der Waals surface area contributed by atoms with Gasteiger partial charge in [0.1, 0.15) is 6.07 Å². The highest BCUT2D eigenvalue weighted by Gasteiger charge is 2.22. The van der Waals surface area contributed by atoms with Crippen molar-refractivity contribution in [3.63, 3.8) is 0 Å². The first-order valence-corrected chi connectivity index (χ1v) is 5.14. The Hall–Kier alpha value is -1.55. The van der Waals surface area contributed by atoms with E-state index in [1.54, 1.807) is 0 Å². The number of aromatic nitrogens is 1. The minimum Gasteiger partial charge on any atom is -0.476 e. The van der Waals surface area contributed by atoms with Crippen LogP contribution in [0.3, 0.4) is 0 Å². The number of nitriles is 1. The average Bonchev–Trinajstić information content (AvgIpc) is 2.26. The molecule has 0 saturated heterocycles. The lowest BCUT2D eigenvalue weighted by Crippen LogP contribution is -2.09. The van der Waals surface area contributed by atoms with Crippen LogP contribution >= 0.6 is 15.9 Å². The van der Waals surface area contributed by atoms with Gasteiger partial charge >= 0.3 is 5.97 Å². The van der Waals surface area contributed by atoms with Gasteiger partial charge < -0.3 is 5.11 Å². The molecular formula is C9H5BrF2N2O2. The second kappa shape index (κ2) is 4.99. The third kappa shape index (κ3) is 2.33. The Morgan fingerprint density at radius 2 is 2.31 bits per heavy atom. The van der Waals surface area contributed by atoms with Gasteiger partial charge in [-0.1, -0.05) is 15.9 Å². The fourth-order valence-corrected chi connectivity index (χ4v) is 1.42. The van der Waals surface area contributed by atoms with E-state index in [-0.39, 0.29) is 11.0 Å². The summed E-state index contributed by atoms with van der Waals surface area (Å²) in [6, 6.07) is 2.46. The number of nitrogens with zero attached hydrogens (tertiary/aromatic N) is 2. The average molecular weight is 291 g/mol. The van der Waals surface area contributed by atoms with Gasteiger partial charge in [-0.25, -0.2) is 18.6 Å². The van der Waals surface area contributed by atoms with Gasteiger partial charge in [0.15, 0.2) is 5.69 Å². The van der Waals surface area contributed by atoms with Crippen molar-refractivity contribution in [2.75, 3.05) is 0 Å². The molecule has 0 spiro atoms. The minimum absolute atomic E-state index is 0.138. The zero-order chi connectivity index (χ0) is 12.3. The molecule has 0 aliphatic heterocycles. The number of carboxylic acids is 1. The van der Waals surface area contributed by atoms with Gasteiger partial charge in [-0.05, 0) is 6.07 Å². The van der Waals surface area contributed by atoms with Crippen LogP contribution in [0.25, 0.3) is 0 Å². The van der Waals surface area contributed by atoms with Crippen LogP contribution in [0.1, 0.15) is 33.7 Å². The number of carbonyl (C=O) groups is 1. The van der Waals surface area contributed by atoms with Gasteiger partial charge in [0.25, 0.3) is 6.43 Å². The fourth-order valence-electron chi connectivity index (χ4n) is 1.13. The first-order valence-electron chi connectivity index (χ1n) is 4.02. The summed E-state index contributed by atoms with van der Waals surface area (Å²) < 4.78 is 25.2.